The number of aliphatic imine (C=N–C) groups is 1. The second-order valence-corrected chi connectivity index (χ2v) is 6.85. The Morgan fingerprint density at radius 1 is 1.15 bits per heavy atom. The number of hydrogen-bond acceptors (Lipinski definition) is 5. The van der Waals surface area contributed by atoms with Crippen molar-refractivity contribution in [1.82, 2.24) is 4.90 Å². The van der Waals surface area contributed by atoms with Crippen LogP contribution in [0.25, 0.3) is 0 Å². The molecule has 0 spiro atoms. The molecule has 5 nitrogen and oxygen atoms in total. The number of rotatable bonds is 5. The van der Waals surface area contributed by atoms with E-state index in [0.29, 0.717) is 30.2 Å². The normalized spacial score (nSPS) is 13.5. The fourth-order valence-corrected chi connectivity index (χ4v) is 3.90. The molecule has 0 unspecified atom stereocenters. The zero-order chi connectivity index (χ0) is 18.5. The number of amidine groups is 1. The van der Waals surface area contributed by atoms with Crippen molar-refractivity contribution < 1.29 is 14.3 Å². The SMILES string of the molecule is COc1ccc(C(=O)N2CCN=C2SCc2ccccc2C)cc1OC. The quantitative estimate of drug-likeness (QED) is 0.804. The molecule has 26 heavy (non-hydrogen) atoms. The van der Waals surface area contributed by atoms with Crippen LogP contribution >= 0.6 is 11.8 Å². The van der Waals surface area contributed by atoms with Gasteiger partial charge in [0.25, 0.3) is 5.91 Å². The molecule has 0 aromatic heterocycles. The Labute approximate surface area is 158 Å². The molecule has 1 aliphatic rings. The summed E-state index contributed by atoms with van der Waals surface area (Å²) < 4.78 is 10.5. The largest absolute Gasteiger partial charge is 0.493 e. The molecule has 6 heteroatoms. The molecule has 0 bridgehead atoms. The molecule has 0 radical (unpaired) electrons. The van der Waals surface area contributed by atoms with Gasteiger partial charge < -0.3 is 9.47 Å². The number of methoxy groups -OCH3 is 2. The molecule has 3 rings (SSSR count). The standard InChI is InChI=1S/C20H22N2O3S/c1-14-6-4-5-7-16(14)13-26-20-21-10-11-22(20)19(23)15-8-9-17(24-2)18(12-15)25-3/h4-9,12H,10-11,13H2,1-3H3. The van der Waals surface area contributed by atoms with E-state index in [4.69, 9.17) is 9.47 Å². The highest BCUT2D eigenvalue weighted by Crippen LogP contribution is 2.29. The van der Waals surface area contributed by atoms with Crippen molar-refractivity contribution >= 4 is 22.8 Å². The van der Waals surface area contributed by atoms with Crippen molar-refractivity contribution in [3.63, 3.8) is 0 Å². The van der Waals surface area contributed by atoms with Crippen LogP contribution in [0.1, 0.15) is 21.5 Å². The van der Waals surface area contributed by atoms with Gasteiger partial charge in [0.2, 0.25) is 0 Å². The van der Waals surface area contributed by atoms with Gasteiger partial charge in [-0.3, -0.25) is 14.7 Å². The van der Waals surface area contributed by atoms with E-state index >= 15 is 0 Å². The maximum absolute atomic E-state index is 12.9. The van der Waals surface area contributed by atoms with Gasteiger partial charge >= 0.3 is 0 Å². The van der Waals surface area contributed by atoms with Crippen LogP contribution in [0.2, 0.25) is 0 Å². The van der Waals surface area contributed by atoms with Gasteiger partial charge in [0.1, 0.15) is 0 Å². The summed E-state index contributed by atoms with van der Waals surface area (Å²) in [6.07, 6.45) is 0. The van der Waals surface area contributed by atoms with Crippen molar-refractivity contribution in [1.29, 1.82) is 0 Å². The van der Waals surface area contributed by atoms with Gasteiger partial charge in [-0.1, -0.05) is 36.0 Å². The fraction of sp³-hybridized carbons (Fsp3) is 0.300. The Bertz CT molecular complexity index is 836. The summed E-state index contributed by atoms with van der Waals surface area (Å²) >= 11 is 1.60. The molecule has 1 heterocycles. The molecule has 0 atom stereocenters. The van der Waals surface area contributed by atoms with E-state index in [1.165, 1.54) is 11.1 Å². The highest BCUT2D eigenvalue weighted by atomic mass is 32.2. The number of carbonyl (C=O) groups is 1. The number of amides is 1. The predicted molar refractivity (Wildman–Crippen MR) is 105 cm³/mol. The molecule has 0 aliphatic carbocycles. The van der Waals surface area contributed by atoms with Crippen LogP contribution < -0.4 is 9.47 Å². The Balaban J connectivity index is 1.73. The first kappa shape index (κ1) is 18.3. The van der Waals surface area contributed by atoms with Crippen molar-refractivity contribution in [2.45, 2.75) is 12.7 Å². The number of nitrogens with zero attached hydrogens (tertiary/aromatic N) is 2. The van der Waals surface area contributed by atoms with Crippen molar-refractivity contribution in [2.24, 2.45) is 4.99 Å². The number of aryl methyl sites for hydroxylation is 1. The molecule has 1 aliphatic heterocycles. The number of carbonyl (C=O) groups excluding carboxylic acids is 1. The van der Waals surface area contributed by atoms with Gasteiger partial charge in [-0.25, -0.2) is 0 Å². The minimum absolute atomic E-state index is 0.0699. The van der Waals surface area contributed by atoms with E-state index in [0.717, 1.165) is 10.9 Å². The lowest BCUT2D eigenvalue weighted by Gasteiger charge is -2.19. The number of ether oxygens (including phenoxy) is 2. The molecule has 0 fully saturated rings. The van der Waals surface area contributed by atoms with E-state index < -0.39 is 0 Å². The van der Waals surface area contributed by atoms with E-state index in [-0.39, 0.29) is 5.91 Å². The molecule has 136 valence electrons. The molecule has 0 saturated carbocycles. The minimum Gasteiger partial charge on any atom is -0.493 e. The van der Waals surface area contributed by atoms with Crippen LogP contribution in [0.15, 0.2) is 47.5 Å². The molecule has 1 amide bonds. The molecular weight excluding hydrogens is 348 g/mol. The summed E-state index contributed by atoms with van der Waals surface area (Å²) in [5.74, 6) is 1.87. The second kappa shape index (κ2) is 8.27. The maximum atomic E-state index is 12.9. The maximum Gasteiger partial charge on any atom is 0.260 e. The van der Waals surface area contributed by atoms with Crippen LogP contribution in [-0.4, -0.2) is 43.3 Å². The van der Waals surface area contributed by atoms with Crippen LogP contribution in [0, 0.1) is 6.92 Å². The lowest BCUT2D eigenvalue weighted by Crippen LogP contribution is -2.32. The molecule has 0 N–H and O–H groups in total. The van der Waals surface area contributed by atoms with Crippen LogP contribution in [-0.2, 0) is 5.75 Å². The molecule has 0 saturated heterocycles. The Hall–Kier alpha value is -2.47. The Morgan fingerprint density at radius 2 is 1.92 bits per heavy atom. The third-order valence-electron chi connectivity index (χ3n) is 4.30. The van der Waals surface area contributed by atoms with Crippen molar-refractivity contribution in [3.8, 4) is 11.5 Å². The van der Waals surface area contributed by atoms with Gasteiger partial charge in [-0.2, -0.15) is 0 Å². The third-order valence-corrected chi connectivity index (χ3v) is 5.36. The fourth-order valence-electron chi connectivity index (χ4n) is 2.78. The van der Waals surface area contributed by atoms with Gasteiger partial charge in [-0.15, -0.1) is 0 Å². The lowest BCUT2D eigenvalue weighted by atomic mass is 10.1. The summed E-state index contributed by atoms with van der Waals surface area (Å²) in [5.41, 5.74) is 3.07. The summed E-state index contributed by atoms with van der Waals surface area (Å²) in [5, 5.41) is 0.771. The van der Waals surface area contributed by atoms with Crippen molar-refractivity contribution in [3.05, 3.63) is 59.2 Å². The zero-order valence-electron chi connectivity index (χ0n) is 15.2. The van der Waals surface area contributed by atoms with Crippen LogP contribution in [0.5, 0.6) is 11.5 Å². The first-order valence-electron chi connectivity index (χ1n) is 8.39. The second-order valence-electron chi connectivity index (χ2n) is 5.91. The zero-order valence-corrected chi connectivity index (χ0v) is 16.0. The van der Waals surface area contributed by atoms with Crippen LogP contribution in [0.4, 0.5) is 0 Å². The average molecular weight is 370 g/mol. The van der Waals surface area contributed by atoms with Gasteiger partial charge in [-0.05, 0) is 36.2 Å². The predicted octanol–water partition coefficient (Wildman–Crippen LogP) is 3.76. The summed E-state index contributed by atoms with van der Waals surface area (Å²) in [4.78, 5) is 19.2. The van der Waals surface area contributed by atoms with Crippen molar-refractivity contribution in [2.75, 3.05) is 27.3 Å². The number of thioether (sulfide) groups is 1. The molecule has 2 aromatic rings. The van der Waals surface area contributed by atoms with Crippen LogP contribution in [0.3, 0.4) is 0 Å². The highest BCUT2D eigenvalue weighted by Gasteiger charge is 2.26. The molecular formula is C20H22N2O3S. The van der Waals surface area contributed by atoms with E-state index in [2.05, 4.69) is 24.0 Å². The van der Waals surface area contributed by atoms with Gasteiger partial charge in [0, 0.05) is 17.9 Å². The van der Waals surface area contributed by atoms with Gasteiger partial charge in [0.15, 0.2) is 16.7 Å². The Morgan fingerprint density at radius 3 is 2.65 bits per heavy atom. The smallest absolute Gasteiger partial charge is 0.260 e. The molecule has 2 aromatic carbocycles. The summed E-state index contributed by atoms with van der Waals surface area (Å²) in [6, 6.07) is 13.5. The first-order chi connectivity index (χ1) is 12.6. The number of hydrogen-bond donors (Lipinski definition) is 0. The first-order valence-corrected chi connectivity index (χ1v) is 9.38. The monoisotopic (exact) mass is 370 g/mol. The third kappa shape index (κ3) is 3.85. The van der Waals surface area contributed by atoms with E-state index in [1.807, 2.05) is 12.1 Å². The van der Waals surface area contributed by atoms with Gasteiger partial charge in [0.05, 0.1) is 20.8 Å². The summed E-state index contributed by atoms with van der Waals surface area (Å²) in [6.45, 7) is 3.33. The summed E-state index contributed by atoms with van der Waals surface area (Å²) in [7, 11) is 3.14. The Kier molecular flexibility index (Phi) is 5.83. The minimum atomic E-state index is -0.0699. The van der Waals surface area contributed by atoms with E-state index in [1.54, 1.807) is 49.1 Å². The van der Waals surface area contributed by atoms with E-state index in [9.17, 15) is 4.79 Å². The highest BCUT2D eigenvalue weighted by molar-refractivity contribution is 8.13. The topological polar surface area (TPSA) is 51.1 Å². The number of benzene rings is 2. The lowest BCUT2D eigenvalue weighted by molar-refractivity contribution is 0.0860. The average Bonchev–Trinajstić information content (AvgIpc) is 3.14.